The van der Waals surface area contributed by atoms with Crippen LogP contribution in [-0.4, -0.2) is 22.0 Å². The van der Waals surface area contributed by atoms with Crippen molar-refractivity contribution in [2.45, 2.75) is 32.9 Å². The highest BCUT2D eigenvalue weighted by Gasteiger charge is 2.21. The first kappa shape index (κ1) is 15.1. The number of aryl methyl sites for hydroxylation is 1. The second-order valence-electron chi connectivity index (χ2n) is 5.05. The lowest BCUT2D eigenvalue weighted by Crippen LogP contribution is -2.12. The maximum atomic E-state index is 10.6. The Morgan fingerprint density at radius 2 is 2.05 bits per heavy atom. The molecule has 0 aliphatic rings. The van der Waals surface area contributed by atoms with Gasteiger partial charge in [-0.3, -0.25) is 4.68 Å². The zero-order valence-electron chi connectivity index (χ0n) is 12.1. The van der Waals surface area contributed by atoms with Gasteiger partial charge in [0.25, 0.3) is 0 Å². The van der Waals surface area contributed by atoms with E-state index in [9.17, 15) is 5.11 Å². The molecule has 1 atom stereocenters. The molecule has 1 aromatic carbocycles. The summed E-state index contributed by atoms with van der Waals surface area (Å²) in [7, 11) is 1.64. The molecule has 0 saturated carbocycles. The molecule has 1 heterocycles. The van der Waals surface area contributed by atoms with Crippen LogP contribution in [0.25, 0.3) is 0 Å². The van der Waals surface area contributed by atoms with Crippen molar-refractivity contribution in [3.05, 3.63) is 45.7 Å². The lowest BCUT2D eigenvalue weighted by atomic mass is 10.0. The number of rotatable bonds is 4. The second kappa shape index (κ2) is 5.97. The van der Waals surface area contributed by atoms with Gasteiger partial charge in [0, 0.05) is 6.04 Å². The largest absolute Gasteiger partial charge is 0.496 e. The Morgan fingerprint density at radius 3 is 2.60 bits per heavy atom. The summed E-state index contributed by atoms with van der Waals surface area (Å²) in [5, 5.41) is 15.0. The molecule has 1 N–H and O–H groups in total. The Morgan fingerprint density at radius 1 is 1.35 bits per heavy atom. The van der Waals surface area contributed by atoms with Gasteiger partial charge in [0.1, 0.15) is 11.9 Å². The number of methoxy groups -OCH3 is 1. The van der Waals surface area contributed by atoms with E-state index >= 15 is 0 Å². The summed E-state index contributed by atoms with van der Waals surface area (Å²) in [5.41, 5.74) is 2.59. The molecule has 0 saturated heterocycles. The molecule has 0 fully saturated rings. The number of hydrogen-bond donors (Lipinski definition) is 1. The van der Waals surface area contributed by atoms with Gasteiger partial charge < -0.3 is 9.84 Å². The normalized spacial score (nSPS) is 12.8. The first-order chi connectivity index (χ1) is 9.45. The summed E-state index contributed by atoms with van der Waals surface area (Å²) in [6.45, 7) is 6.04. The molecule has 4 nitrogen and oxygen atoms in total. The first-order valence-electron chi connectivity index (χ1n) is 6.51. The van der Waals surface area contributed by atoms with Crippen LogP contribution in [0, 0.1) is 6.92 Å². The fourth-order valence-corrected chi connectivity index (χ4v) is 2.74. The number of aromatic nitrogens is 2. The number of ether oxygens (including phenoxy) is 1. The van der Waals surface area contributed by atoms with Gasteiger partial charge >= 0.3 is 0 Å². The fraction of sp³-hybridized carbons (Fsp3) is 0.400. The number of nitrogens with zero attached hydrogens (tertiary/aromatic N) is 2. The fourth-order valence-electron chi connectivity index (χ4n) is 2.25. The van der Waals surface area contributed by atoms with Crippen molar-refractivity contribution in [2.24, 2.45) is 0 Å². The van der Waals surface area contributed by atoms with Crippen molar-refractivity contribution in [3.63, 3.8) is 0 Å². The topological polar surface area (TPSA) is 47.3 Å². The van der Waals surface area contributed by atoms with E-state index in [-0.39, 0.29) is 6.04 Å². The Bertz CT molecular complexity index is 608. The molecule has 0 spiro atoms. The molecule has 2 rings (SSSR count). The van der Waals surface area contributed by atoms with Gasteiger partial charge in [-0.05, 0) is 60.0 Å². The highest BCUT2D eigenvalue weighted by atomic mass is 79.9. The van der Waals surface area contributed by atoms with Crippen molar-refractivity contribution in [1.29, 1.82) is 0 Å². The third kappa shape index (κ3) is 2.74. The van der Waals surface area contributed by atoms with E-state index in [1.807, 2.05) is 43.7 Å². The molecule has 0 aliphatic carbocycles. The second-order valence-corrected chi connectivity index (χ2v) is 5.90. The third-order valence-electron chi connectivity index (χ3n) is 3.27. The van der Waals surface area contributed by atoms with Gasteiger partial charge in [-0.2, -0.15) is 5.10 Å². The van der Waals surface area contributed by atoms with Crippen LogP contribution < -0.4 is 4.74 Å². The van der Waals surface area contributed by atoms with E-state index in [2.05, 4.69) is 21.0 Å². The molecule has 2 aromatic rings. The Hall–Kier alpha value is -1.33. The first-order valence-corrected chi connectivity index (χ1v) is 7.30. The highest BCUT2D eigenvalue weighted by Crippen LogP contribution is 2.32. The predicted octanol–water partition coefficient (Wildman–Crippen LogP) is 3.63. The molecule has 0 amide bonds. The third-order valence-corrected chi connectivity index (χ3v) is 3.88. The molecule has 20 heavy (non-hydrogen) atoms. The smallest absolute Gasteiger partial charge is 0.122 e. The van der Waals surface area contributed by atoms with Crippen molar-refractivity contribution < 1.29 is 9.84 Å². The molecule has 0 aliphatic heterocycles. The average Bonchev–Trinajstić information content (AvgIpc) is 2.80. The van der Waals surface area contributed by atoms with Crippen LogP contribution in [0.2, 0.25) is 0 Å². The number of benzene rings is 1. The summed E-state index contributed by atoms with van der Waals surface area (Å²) in [5.74, 6) is 0.817. The lowest BCUT2D eigenvalue weighted by Gasteiger charge is -2.18. The standard InChI is InChI=1S/C15H19BrN2O2/c1-9(2)18-14(12(16)8-17-18)15(19)11-5-6-13(20-4)10(3)7-11/h5-9,15,19H,1-4H3. The minimum absolute atomic E-state index is 0.185. The Labute approximate surface area is 127 Å². The maximum absolute atomic E-state index is 10.6. The van der Waals surface area contributed by atoms with Crippen molar-refractivity contribution in [2.75, 3.05) is 7.11 Å². The van der Waals surface area contributed by atoms with E-state index in [1.165, 1.54) is 0 Å². The molecular formula is C15H19BrN2O2. The average molecular weight is 339 g/mol. The molecule has 108 valence electrons. The van der Waals surface area contributed by atoms with E-state index in [0.717, 1.165) is 27.0 Å². The lowest BCUT2D eigenvalue weighted by molar-refractivity contribution is 0.204. The SMILES string of the molecule is COc1ccc(C(O)c2c(Br)cnn2C(C)C)cc1C. The minimum atomic E-state index is -0.723. The molecular weight excluding hydrogens is 320 g/mol. The van der Waals surface area contributed by atoms with Gasteiger partial charge in [-0.15, -0.1) is 0 Å². The molecule has 5 heteroatoms. The number of hydrogen-bond acceptors (Lipinski definition) is 3. The summed E-state index contributed by atoms with van der Waals surface area (Å²) >= 11 is 3.46. The van der Waals surface area contributed by atoms with E-state index in [0.29, 0.717) is 0 Å². The van der Waals surface area contributed by atoms with Crippen LogP contribution in [0.1, 0.15) is 42.8 Å². The summed E-state index contributed by atoms with van der Waals surface area (Å²) in [6.07, 6.45) is 0.994. The zero-order chi connectivity index (χ0) is 14.9. The van der Waals surface area contributed by atoms with Gasteiger partial charge in [-0.25, -0.2) is 0 Å². The van der Waals surface area contributed by atoms with Crippen molar-refractivity contribution in [1.82, 2.24) is 9.78 Å². The van der Waals surface area contributed by atoms with E-state index < -0.39 is 6.10 Å². The number of aliphatic hydroxyl groups is 1. The van der Waals surface area contributed by atoms with Crippen LogP contribution in [0.4, 0.5) is 0 Å². The Kier molecular flexibility index (Phi) is 4.50. The summed E-state index contributed by atoms with van der Waals surface area (Å²) < 4.78 is 7.89. The molecule has 0 radical (unpaired) electrons. The predicted molar refractivity (Wildman–Crippen MR) is 82.1 cm³/mol. The minimum Gasteiger partial charge on any atom is -0.496 e. The van der Waals surface area contributed by atoms with Crippen LogP contribution in [0.5, 0.6) is 5.75 Å². The summed E-state index contributed by atoms with van der Waals surface area (Å²) in [6, 6.07) is 5.87. The van der Waals surface area contributed by atoms with Crippen LogP contribution >= 0.6 is 15.9 Å². The zero-order valence-corrected chi connectivity index (χ0v) is 13.7. The molecule has 1 aromatic heterocycles. The molecule has 1 unspecified atom stereocenters. The van der Waals surface area contributed by atoms with Crippen molar-refractivity contribution >= 4 is 15.9 Å². The number of halogens is 1. The molecule has 0 bridgehead atoms. The van der Waals surface area contributed by atoms with Gasteiger partial charge in [0.15, 0.2) is 0 Å². The monoisotopic (exact) mass is 338 g/mol. The number of aliphatic hydroxyl groups excluding tert-OH is 1. The van der Waals surface area contributed by atoms with Gasteiger partial charge in [0.05, 0.1) is 23.5 Å². The highest BCUT2D eigenvalue weighted by molar-refractivity contribution is 9.10. The Balaban J connectivity index is 2.43. The van der Waals surface area contributed by atoms with Crippen LogP contribution in [0.15, 0.2) is 28.9 Å². The summed E-state index contributed by atoms with van der Waals surface area (Å²) in [4.78, 5) is 0. The van der Waals surface area contributed by atoms with Crippen molar-refractivity contribution in [3.8, 4) is 5.75 Å². The van der Waals surface area contributed by atoms with Crippen LogP contribution in [0.3, 0.4) is 0 Å². The quantitative estimate of drug-likeness (QED) is 0.925. The van der Waals surface area contributed by atoms with Gasteiger partial charge in [-0.1, -0.05) is 6.07 Å². The maximum Gasteiger partial charge on any atom is 0.122 e. The van der Waals surface area contributed by atoms with Crippen LogP contribution in [-0.2, 0) is 0 Å². The van der Waals surface area contributed by atoms with Gasteiger partial charge in [0.2, 0.25) is 0 Å². The van der Waals surface area contributed by atoms with E-state index in [1.54, 1.807) is 13.3 Å². The van der Waals surface area contributed by atoms with E-state index in [4.69, 9.17) is 4.74 Å².